The summed E-state index contributed by atoms with van der Waals surface area (Å²) in [5.74, 6) is -1.27. The van der Waals surface area contributed by atoms with Gasteiger partial charge in [0.25, 0.3) is 5.91 Å². The van der Waals surface area contributed by atoms with E-state index in [2.05, 4.69) is 15.0 Å². The third-order valence-electron chi connectivity index (χ3n) is 2.57. The molecule has 6 nitrogen and oxygen atoms in total. The topological polar surface area (TPSA) is 92.4 Å². The van der Waals surface area contributed by atoms with Gasteiger partial charge in [-0.2, -0.15) is 0 Å². The lowest BCUT2D eigenvalue weighted by Crippen LogP contribution is -2.23. The molecule has 0 fully saturated rings. The van der Waals surface area contributed by atoms with E-state index in [-0.39, 0.29) is 24.6 Å². The molecule has 0 saturated heterocycles. The van der Waals surface area contributed by atoms with Crippen LogP contribution in [0.4, 0.5) is 0 Å². The minimum absolute atomic E-state index is 0.0734. The molecule has 2 aromatic rings. The summed E-state index contributed by atoms with van der Waals surface area (Å²) >= 11 is 0. The summed E-state index contributed by atoms with van der Waals surface area (Å²) in [6, 6.07) is 8.52. The molecule has 1 amide bonds. The number of carbonyl (C=O) groups excluding carboxylic acids is 1. The summed E-state index contributed by atoms with van der Waals surface area (Å²) in [6.07, 6.45) is 1.24. The van der Waals surface area contributed by atoms with Crippen LogP contribution < -0.4 is 5.32 Å². The Morgan fingerprint density at radius 2 is 1.95 bits per heavy atom. The Balaban J connectivity index is 2.03. The Labute approximate surface area is 109 Å². The minimum atomic E-state index is -0.907. The third-order valence-corrected chi connectivity index (χ3v) is 2.57. The van der Waals surface area contributed by atoms with Gasteiger partial charge in [0, 0.05) is 12.6 Å². The highest BCUT2D eigenvalue weighted by atomic mass is 16.5. The zero-order valence-corrected chi connectivity index (χ0v) is 10.00. The number of rotatable bonds is 5. The molecule has 0 atom stereocenters. The number of aromatic nitrogens is 1. The van der Waals surface area contributed by atoms with Gasteiger partial charge < -0.3 is 14.9 Å². The van der Waals surface area contributed by atoms with Gasteiger partial charge >= 0.3 is 5.97 Å². The third kappa shape index (κ3) is 3.41. The molecule has 1 aromatic heterocycles. The SMILES string of the molecule is O=C(O)Cc1ccccc1CNC(=O)c1ccon1. The number of aliphatic carboxylic acids is 1. The zero-order valence-electron chi connectivity index (χ0n) is 10.00. The van der Waals surface area contributed by atoms with Gasteiger partial charge in [-0.05, 0) is 11.1 Å². The molecule has 0 radical (unpaired) electrons. The van der Waals surface area contributed by atoms with Crippen molar-refractivity contribution in [2.45, 2.75) is 13.0 Å². The van der Waals surface area contributed by atoms with Crippen molar-refractivity contribution < 1.29 is 19.2 Å². The molecule has 0 unspecified atom stereocenters. The van der Waals surface area contributed by atoms with E-state index in [1.165, 1.54) is 12.3 Å². The van der Waals surface area contributed by atoms with Crippen LogP contribution in [-0.2, 0) is 17.8 Å². The second kappa shape index (κ2) is 5.81. The first-order valence-electron chi connectivity index (χ1n) is 5.64. The number of amides is 1. The van der Waals surface area contributed by atoms with Crippen molar-refractivity contribution in [3.8, 4) is 0 Å². The lowest BCUT2D eigenvalue weighted by molar-refractivity contribution is -0.136. The normalized spacial score (nSPS) is 10.1. The second-order valence-corrected chi connectivity index (χ2v) is 3.91. The van der Waals surface area contributed by atoms with Crippen LogP contribution >= 0.6 is 0 Å². The average molecular weight is 260 g/mol. The molecule has 0 bridgehead atoms. The quantitative estimate of drug-likeness (QED) is 0.843. The van der Waals surface area contributed by atoms with Gasteiger partial charge in [-0.25, -0.2) is 0 Å². The van der Waals surface area contributed by atoms with Crippen LogP contribution in [0.3, 0.4) is 0 Å². The summed E-state index contributed by atoms with van der Waals surface area (Å²) in [5, 5.41) is 15.0. The fourth-order valence-electron chi connectivity index (χ4n) is 1.66. The average Bonchev–Trinajstić information content (AvgIpc) is 2.90. The van der Waals surface area contributed by atoms with Gasteiger partial charge in [-0.15, -0.1) is 0 Å². The van der Waals surface area contributed by atoms with Gasteiger partial charge in [0.1, 0.15) is 6.26 Å². The summed E-state index contributed by atoms with van der Waals surface area (Å²) in [7, 11) is 0. The van der Waals surface area contributed by atoms with E-state index in [1.54, 1.807) is 24.3 Å². The molecule has 1 aromatic carbocycles. The van der Waals surface area contributed by atoms with Crippen LogP contribution in [0, 0.1) is 0 Å². The summed E-state index contributed by atoms with van der Waals surface area (Å²) in [4.78, 5) is 22.4. The van der Waals surface area contributed by atoms with E-state index < -0.39 is 5.97 Å². The maximum atomic E-state index is 11.7. The van der Waals surface area contributed by atoms with Gasteiger partial charge in [-0.3, -0.25) is 9.59 Å². The van der Waals surface area contributed by atoms with Crippen LogP contribution in [0.5, 0.6) is 0 Å². The lowest BCUT2D eigenvalue weighted by atomic mass is 10.0. The number of carboxylic acid groups (broad SMARTS) is 1. The van der Waals surface area contributed by atoms with Gasteiger partial charge in [0.05, 0.1) is 6.42 Å². The van der Waals surface area contributed by atoms with E-state index in [4.69, 9.17) is 5.11 Å². The van der Waals surface area contributed by atoms with Gasteiger partial charge in [-0.1, -0.05) is 29.4 Å². The Morgan fingerprint density at radius 1 is 1.21 bits per heavy atom. The Morgan fingerprint density at radius 3 is 2.58 bits per heavy atom. The van der Waals surface area contributed by atoms with Crippen molar-refractivity contribution in [1.29, 1.82) is 0 Å². The molecule has 0 aliphatic carbocycles. The van der Waals surface area contributed by atoms with Crippen LogP contribution in [-0.4, -0.2) is 22.1 Å². The first-order chi connectivity index (χ1) is 9.16. The number of carbonyl (C=O) groups is 2. The molecule has 0 aliphatic heterocycles. The maximum Gasteiger partial charge on any atom is 0.307 e. The van der Waals surface area contributed by atoms with Crippen molar-refractivity contribution in [3.63, 3.8) is 0 Å². The van der Waals surface area contributed by atoms with Gasteiger partial charge in [0.2, 0.25) is 0 Å². The number of nitrogens with zero attached hydrogens (tertiary/aromatic N) is 1. The molecule has 6 heteroatoms. The monoisotopic (exact) mass is 260 g/mol. The number of hydrogen-bond acceptors (Lipinski definition) is 4. The molecule has 98 valence electrons. The second-order valence-electron chi connectivity index (χ2n) is 3.91. The van der Waals surface area contributed by atoms with Crippen LogP contribution in [0.15, 0.2) is 41.1 Å². The molecular weight excluding hydrogens is 248 g/mol. The molecule has 1 heterocycles. The molecule has 2 rings (SSSR count). The maximum absolute atomic E-state index is 11.7. The first kappa shape index (κ1) is 12.8. The summed E-state index contributed by atoms with van der Waals surface area (Å²) in [6.45, 7) is 0.245. The molecule has 19 heavy (non-hydrogen) atoms. The van der Waals surface area contributed by atoms with Crippen LogP contribution in [0.2, 0.25) is 0 Å². The standard InChI is InChI=1S/C13H12N2O4/c16-12(17)7-9-3-1-2-4-10(9)8-14-13(18)11-5-6-19-15-11/h1-6H,7-8H2,(H,14,18)(H,16,17). The fraction of sp³-hybridized carbons (Fsp3) is 0.154. The predicted molar refractivity (Wildman–Crippen MR) is 65.5 cm³/mol. The van der Waals surface area contributed by atoms with Crippen molar-refractivity contribution in [3.05, 3.63) is 53.4 Å². The van der Waals surface area contributed by atoms with Crippen molar-refractivity contribution >= 4 is 11.9 Å². The highest BCUT2D eigenvalue weighted by molar-refractivity contribution is 5.91. The lowest BCUT2D eigenvalue weighted by Gasteiger charge is -2.08. The largest absolute Gasteiger partial charge is 0.481 e. The van der Waals surface area contributed by atoms with E-state index in [1.807, 2.05) is 0 Å². The molecule has 0 aliphatic rings. The number of benzene rings is 1. The number of carboxylic acids is 1. The van der Waals surface area contributed by atoms with E-state index in [9.17, 15) is 9.59 Å². The molecule has 0 saturated carbocycles. The van der Waals surface area contributed by atoms with Crippen LogP contribution in [0.1, 0.15) is 21.6 Å². The Hall–Kier alpha value is -2.63. The minimum Gasteiger partial charge on any atom is -0.481 e. The van der Waals surface area contributed by atoms with E-state index in [0.717, 1.165) is 5.56 Å². The van der Waals surface area contributed by atoms with Gasteiger partial charge in [0.15, 0.2) is 5.69 Å². The highest BCUT2D eigenvalue weighted by Crippen LogP contribution is 2.09. The molecular formula is C13H12N2O4. The van der Waals surface area contributed by atoms with E-state index in [0.29, 0.717) is 5.56 Å². The first-order valence-corrected chi connectivity index (χ1v) is 5.64. The fourth-order valence-corrected chi connectivity index (χ4v) is 1.66. The summed E-state index contributed by atoms with van der Waals surface area (Å²) in [5.41, 5.74) is 1.63. The van der Waals surface area contributed by atoms with Crippen molar-refractivity contribution in [2.75, 3.05) is 0 Å². The Bertz CT molecular complexity index is 578. The Kier molecular flexibility index (Phi) is 3.92. The predicted octanol–water partition coefficient (Wildman–Crippen LogP) is 1.23. The van der Waals surface area contributed by atoms with Crippen molar-refractivity contribution in [1.82, 2.24) is 10.5 Å². The number of hydrogen-bond donors (Lipinski definition) is 2. The van der Waals surface area contributed by atoms with Crippen LogP contribution in [0.25, 0.3) is 0 Å². The van der Waals surface area contributed by atoms with E-state index >= 15 is 0 Å². The zero-order chi connectivity index (χ0) is 13.7. The van der Waals surface area contributed by atoms with Crippen molar-refractivity contribution in [2.24, 2.45) is 0 Å². The molecule has 2 N–H and O–H groups in total. The summed E-state index contributed by atoms with van der Waals surface area (Å²) < 4.78 is 4.58. The smallest absolute Gasteiger partial charge is 0.307 e. The molecule has 0 spiro atoms. The number of nitrogens with one attached hydrogen (secondary N) is 1. The highest BCUT2D eigenvalue weighted by Gasteiger charge is 2.10.